The first kappa shape index (κ1) is 18.3. The molecule has 0 atom stereocenters. The first-order valence-corrected chi connectivity index (χ1v) is 9.58. The molecule has 6 nitrogen and oxygen atoms in total. The number of tetrazole rings is 1. The molecule has 2 heterocycles. The van der Waals surface area contributed by atoms with E-state index < -0.39 is 0 Å². The van der Waals surface area contributed by atoms with Gasteiger partial charge in [-0.1, -0.05) is 35.0 Å². The molecule has 0 aliphatic carbocycles. The minimum absolute atomic E-state index is 0.600. The standard InChI is InChI=1S/C16H17Cl2N5OS/c1-23-16(20-21-22-23)25-6-2-5-19-10-14-3-4-15(24-14)11-7-12(17)9-13(18)8-11/h3-4,7-9,19H,2,5-6,10H2,1H3/p+1. The fraction of sp³-hybridized carbons (Fsp3) is 0.312. The number of aromatic nitrogens is 4. The summed E-state index contributed by atoms with van der Waals surface area (Å²) in [6.07, 6.45) is 1.06. The molecular formula is C16H18Cl2N5OS+. The zero-order valence-corrected chi connectivity index (χ0v) is 16.0. The molecule has 0 bridgehead atoms. The summed E-state index contributed by atoms with van der Waals surface area (Å²) in [5.41, 5.74) is 0.887. The topological polar surface area (TPSA) is 73.3 Å². The molecule has 0 spiro atoms. The predicted molar refractivity (Wildman–Crippen MR) is 98.8 cm³/mol. The number of nitrogens with zero attached hydrogens (tertiary/aromatic N) is 4. The third-order valence-electron chi connectivity index (χ3n) is 3.52. The van der Waals surface area contributed by atoms with E-state index in [2.05, 4.69) is 20.8 Å². The van der Waals surface area contributed by atoms with Crippen LogP contribution in [0.15, 0.2) is 39.9 Å². The van der Waals surface area contributed by atoms with Gasteiger partial charge in [-0.2, -0.15) is 0 Å². The Morgan fingerprint density at radius 1 is 1.20 bits per heavy atom. The van der Waals surface area contributed by atoms with Crippen molar-refractivity contribution in [1.82, 2.24) is 20.2 Å². The van der Waals surface area contributed by atoms with Crippen LogP contribution in [0.25, 0.3) is 11.3 Å². The van der Waals surface area contributed by atoms with E-state index in [1.165, 1.54) is 0 Å². The Balaban J connectivity index is 1.42. The van der Waals surface area contributed by atoms with E-state index >= 15 is 0 Å². The van der Waals surface area contributed by atoms with E-state index in [9.17, 15) is 0 Å². The number of hydrogen-bond acceptors (Lipinski definition) is 5. The van der Waals surface area contributed by atoms with Crippen molar-refractivity contribution < 1.29 is 9.73 Å². The highest BCUT2D eigenvalue weighted by Crippen LogP contribution is 2.28. The summed E-state index contributed by atoms with van der Waals surface area (Å²) in [6.45, 7) is 1.81. The summed E-state index contributed by atoms with van der Waals surface area (Å²) in [5, 5.41) is 15.6. The van der Waals surface area contributed by atoms with Gasteiger partial charge in [0.05, 0.1) is 6.54 Å². The van der Waals surface area contributed by atoms with Gasteiger partial charge in [-0.3, -0.25) is 0 Å². The Bertz CT molecular complexity index is 815. The minimum Gasteiger partial charge on any atom is -0.455 e. The van der Waals surface area contributed by atoms with Crippen LogP contribution in [-0.4, -0.2) is 32.5 Å². The van der Waals surface area contributed by atoms with Crippen LogP contribution in [0.4, 0.5) is 0 Å². The van der Waals surface area contributed by atoms with Gasteiger partial charge < -0.3 is 9.73 Å². The van der Waals surface area contributed by atoms with Crippen LogP contribution in [0.3, 0.4) is 0 Å². The van der Waals surface area contributed by atoms with Crippen LogP contribution in [0.2, 0.25) is 10.0 Å². The Morgan fingerprint density at radius 2 is 2.00 bits per heavy atom. The molecule has 0 saturated heterocycles. The quantitative estimate of drug-likeness (QED) is 0.466. The number of hydrogen-bond donors (Lipinski definition) is 1. The molecule has 9 heteroatoms. The van der Waals surface area contributed by atoms with Gasteiger partial charge in [0.1, 0.15) is 12.3 Å². The van der Waals surface area contributed by atoms with Crippen LogP contribution in [0.5, 0.6) is 0 Å². The number of nitrogens with two attached hydrogens (primary N) is 1. The van der Waals surface area contributed by atoms with Crippen LogP contribution >= 0.6 is 35.0 Å². The van der Waals surface area contributed by atoms with Crippen molar-refractivity contribution in [2.24, 2.45) is 7.05 Å². The van der Waals surface area contributed by atoms with Crippen molar-refractivity contribution in [2.75, 3.05) is 12.3 Å². The van der Waals surface area contributed by atoms with Gasteiger partial charge >= 0.3 is 0 Å². The first-order chi connectivity index (χ1) is 12.1. The number of quaternary nitrogens is 1. The molecule has 0 aliphatic rings. The molecule has 25 heavy (non-hydrogen) atoms. The molecule has 132 valence electrons. The highest BCUT2D eigenvalue weighted by atomic mass is 35.5. The molecule has 0 aliphatic heterocycles. The van der Waals surface area contributed by atoms with Gasteiger partial charge in [0.2, 0.25) is 5.16 Å². The summed E-state index contributed by atoms with van der Waals surface area (Å²) in [6, 6.07) is 9.33. The van der Waals surface area contributed by atoms with E-state index in [-0.39, 0.29) is 0 Å². The maximum Gasteiger partial charge on any atom is 0.209 e. The lowest BCUT2D eigenvalue weighted by Gasteiger charge is -2.01. The third-order valence-corrected chi connectivity index (χ3v) is 5.05. The van der Waals surface area contributed by atoms with E-state index in [0.717, 1.165) is 47.5 Å². The van der Waals surface area contributed by atoms with Gasteiger partial charge in [-0.05, 0) is 40.8 Å². The maximum absolute atomic E-state index is 6.04. The average Bonchev–Trinajstić information content (AvgIpc) is 3.19. The second-order valence-corrected chi connectivity index (χ2v) is 7.43. The summed E-state index contributed by atoms with van der Waals surface area (Å²) in [5.74, 6) is 2.68. The molecule has 1 aromatic carbocycles. The number of benzene rings is 1. The molecule has 0 fully saturated rings. The van der Waals surface area contributed by atoms with Crippen LogP contribution in [-0.2, 0) is 13.6 Å². The van der Waals surface area contributed by atoms with Crippen LogP contribution in [0, 0.1) is 0 Å². The van der Waals surface area contributed by atoms with Gasteiger partial charge in [-0.25, -0.2) is 4.68 Å². The number of rotatable bonds is 8. The van der Waals surface area contributed by atoms with Crippen LogP contribution in [0.1, 0.15) is 12.2 Å². The normalized spacial score (nSPS) is 11.2. The fourth-order valence-electron chi connectivity index (χ4n) is 2.32. The number of aryl methyl sites for hydroxylation is 1. The zero-order valence-electron chi connectivity index (χ0n) is 13.7. The van der Waals surface area contributed by atoms with Gasteiger partial charge in [-0.15, -0.1) is 5.10 Å². The summed E-state index contributed by atoms with van der Waals surface area (Å²) in [4.78, 5) is 0. The van der Waals surface area contributed by atoms with Gasteiger partial charge in [0.15, 0.2) is 5.76 Å². The fourth-order valence-corrected chi connectivity index (χ4v) is 3.66. The molecule has 0 saturated carbocycles. The van der Waals surface area contributed by atoms with Gasteiger partial charge in [0, 0.05) is 34.8 Å². The molecule has 2 aromatic heterocycles. The molecule has 0 unspecified atom stereocenters. The van der Waals surface area contributed by atoms with Crippen molar-refractivity contribution in [1.29, 1.82) is 0 Å². The van der Waals surface area contributed by atoms with E-state index in [0.29, 0.717) is 10.0 Å². The third kappa shape index (κ3) is 5.22. The Labute approximate surface area is 159 Å². The highest BCUT2D eigenvalue weighted by Gasteiger charge is 2.08. The molecule has 3 aromatic rings. The van der Waals surface area contributed by atoms with Crippen molar-refractivity contribution >= 4 is 35.0 Å². The average molecular weight is 399 g/mol. The van der Waals surface area contributed by atoms with Gasteiger partial charge in [0.25, 0.3) is 0 Å². The Morgan fingerprint density at radius 3 is 2.72 bits per heavy atom. The lowest BCUT2D eigenvalue weighted by Crippen LogP contribution is -2.82. The lowest BCUT2D eigenvalue weighted by atomic mass is 10.2. The second-order valence-electron chi connectivity index (χ2n) is 5.49. The number of thioether (sulfide) groups is 1. The highest BCUT2D eigenvalue weighted by molar-refractivity contribution is 7.99. The second kappa shape index (κ2) is 8.71. The number of halogens is 2. The smallest absolute Gasteiger partial charge is 0.209 e. The molecule has 0 amide bonds. The van der Waals surface area contributed by atoms with Crippen molar-refractivity contribution in [3.8, 4) is 11.3 Å². The zero-order chi connectivity index (χ0) is 17.6. The summed E-state index contributed by atoms with van der Waals surface area (Å²) < 4.78 is 7.56. The number of furan rings is 1. The molecular weight excluding hydrogens is 381 g/mol. The molecule has 2 N–H and O–H groups in total. The Kier molecular flexibility index (Phi) is 6.36. The van der Waals surface area contributed by atoms with Crippen LogP contribution < -0.4 is 5.32 Å². The van der Waals surface area contributed by atoms with Crippen molar-refractivity contribution in [3.05, 3.63) is 46.1 Å². The largest absolute Gasteiger partial charge is 0.455 e. The van der Waals surface area contributed by atoms with E-state index in [1.54, 1.807) is 22.5 Å². The summed E-state index contributed by atoms with van der Waals surface area (Å²) in [7, 11) is 1.84. The lowest BCUT2D eigenvalue weighted by molar-refractivity contribution is -0.672. The molecule has 3 rings (SSSR count). The first-order valence-electron chi connectivity index (χ1n) is 7.84. The summed E-state index contributed by atoms with van der Waals surface area (Å²) >= 11 is 13.7. The minimum atomic E-state index is 0.600. The molecule has 0 radical (unpaired) electrons. The SMILES string of the molecule is Cn1nnnc1SCCC[NH2+]Cc1ccc(-c2cc(Cl)cc(Cl)c2)o1. The van der Waals surface area contributed by atoms with E-state index in [1.807, 2.05) is 31.3 Å². The Hall–Kier alpha value is -1.54. The van der Waals surface area contributed by atoms with Crippen molar-refractivity contribution in [3.63, 3.8) is 0 Å². The van der Waals surface area contributed by atoms with E-state index in [4.69, 9.17) is 27.6 Å². The predicted octanol–water partition coefficient (Wildman–Crippen LogP) is 3.02. The maximum atomic E-state index is 6.04. The van der Waals surface area contributed by atoms with Crippen molar-refractivity contribution in [2.45, 2.75) is 18.1 Å². The monoisotopic (exact) mass is 398 g/mol.